The summed E-state index contributed by atoms with van der Waals surface area (Å²) in [5.74, 6) is -0.454. The first-order valence-electron chi connectivity index (χ1n) is 9.48. The molecule has 0 radical (unpaired) electrons. The molecule has 1 aromatic rings. The van der Waals surface area contributed by atoms with E-state index in [2.05, 4.69) is 12.2 Å². The highest BCUT2D eigenvalue weighted by molar-refractivity contribution is 5.89. The Balaban J connectivity index is 2.10. The summed E-state index contributed by atoms with van der Waals surface area (Å²) in [7, 11) is 0. The number of carbonyl (C=O) groups excluding carboxylic acids is 2. The van der Waals surface area contributed by atoms with E-state index in [0.717, 1.165) is 12.8 Å². The van der Waals surface area contributed by atoms with Gasteiger partial charge in [0.05, 0.1) is 12.5 Å². The summed E-state index contributed by atoms with van der Waals surface area (Å²) in [5, 5.41) is 2.83. The smallest absolute Gasteiger partial charge is 0.237 e. The third-order valence-electron chi connectivity index (χ3n) is 4.84. The maximum Gasteiger partial charge on any atom is 0.237 e. The second-order valence-electron chi connectivity index (χ2n) is 7.11. The molecule has 1 aliphatic heterocycles. The van der Waals surface area contributed by atoms with Crippen molar-refractivity contribution < 1.29 is 14.0 Å². The Morgan fingerprint density at radius 2 is 2.12 bits per heavy atom. The molecule has 1 atom stereocenters. The molecule has 1 fully saturated rings. The number of hydrogen-bond donors (Lipinski definition) is 1. The minimum absolute atomic E-state index is 0.0194. The van der Waals surface area contributed by atoms with E-state index in [-0.39, 0.29) is 30.1 Å². The van der Waals surface area contributed by atoms with Crippen molar-refractivity contribution in [2.75, 3.05) is 19.6 Å². The second-order valence-corrected chi connectivity index (χ2v) is 7.11. The van der Waals surface area contributed by atoms with Crippen LogP contribution in [0.1, 0.15) is 45.6 Å². The SMILES string of the molecule is CCCCN(C(=O)C[C@H]1C(=O)NCCN1Cc1ccccc1F)C(C)C. The Morgan fingerprint density at radius 3 is 2.77 bits per heavy atom. The molecule has 1 aliphatic rings. The minimum atomic E-state index is -0.557. The third kappa shape index (κ3) is 5.27. The number of nitrogens with one attached hydrogen (secondary N) is 1. The highest BCUT2D eigenvalue weighted by Crippen LogP contribution is 2.18. The first-order chi connectivity index (χ1) is 12.4. The van der Waals surface area contributed by atoms with Gasteiger partial charge in [0.1, 0.15) is 5.82 Å². The Kier molecular flexibility index (Phi) is 7.57. The molecule has 0 saturated carbocycles. The summed E-state index contributed by atoms with van der Waals surface area (Å²) in [6.45, 7) is 8.23. The molecule has 1 saturated heterocycles. The molecule has 1 aromatic carbocycles. The molecule has 1 N–H and O–H groups in total. The average Bonchev–Trinajstić information content (AvgIpc) is 2.60. The molecule has 6 heteroatoms. The zero-order valence-electron chi connectivity index (χ0n) is 16.0. The van der Waals surface area contributed by atoms with Crippen LogP contribution >= 0.6 is 0 Å². The maximum absolute atomic E-state index is 14.0. The van der Waals surface area contributed by atoms with Crippen LogP contribution in [0.25, 0.3) is 0 Å². The Morgan fingerprint density at radius 1 is 1.38 bits per heavy atom. The van der Waals surface area contributed by atoms with Crippen molar-refractivity contribution in [2.45, 2.75) is 58.7 Å². The maximum atomic E-state index is 14.0. The van der Waals surface area contributed by atoms with E-state index in [0.29, 0.717) is 31.7 Å². The standard InChI is InChI=1S/C20H30FN3O2/c1-4-5-11-24(15(2)3)19(25)13-18-20(26)22-10-12-23(18)14-16-8-6-7-9-17(16)21/h6-9,15,18H,4-5,10-14H2,1-3H3,(H,22,26)/t18-/m0/s1. The molecule has 0 aromatic heterocycles. The normalized spacial score (nSPS) is 18.0. The molecule has 2 amide bonds. The lowest BCUT2D eigenvalue weighted by molar-refractivity contribution is -0.140. The monoisotopic (exact) mass is 363 g/mol. The molecule has 0 bridgehead atoms. The number of nitrogens with zero attached hydrogens (tertiary/aromatic N) is 2. The van der Waals surface area contributed by atoms with Crippen LogP contribution in [0.4, 0.5) is 4.39 Å². The quantitative estimate of drug-likeness (QED) is 0.772. The van der Waals surface area contributed by atoms with Crippen LogP contribution in [0, 0.1) is 5.82 Å². The van der Waals surface area contributed by atoms with E-state index in [1.807, 2.05) is 23.6 Å². The minimum Gasteiger partial charge on any atom is -0.353 e. The van der Waals surface area contributed by atoms with Gasteiger partial charge in [-0.15, -0.1) is 0 Å². The van der Waals surface area contributed by atoms with Crippen LogP contribution in [-0.4, -0.2) is 53.3 Å². The van der Waals surface area contributed by atoms with Crippen molar-refractivity contribution in [1.29, 1.82) is 0 Å². The molecular formula is C20H30FN3O2. The Labute approximate surface area is 155 Å². The first kappa shape index (κ1) is 20.4. The van der Waals surface area contributed by atoms with Crippen LogP contribution in [0.15, 0.2) is 24.3 Å². The fourth-order valence-corrected chi connectivity index (χ4v) is 3.30. The molecule has 0 spiro atoms. The van der Waals surface area contributed by atoms with Gasteiger partial charge in [-0.05, 0) is 26.3 Å². The molecular weight excluding hydrogens is 333 g/mol. The lowest BCUT2D eigenvalue weighted by Gasteiger charge is -2.36. The fraction of sp³-hybridized carbons (Fsp3) is 0.600. The number of hydrogen-bond acceptors (Lipinski definition) is 3. The van der Waals surface area contributed by atoms with Crippen LogP contribution in [-0.2, 0) is 16.1 Å². The van der Waals surface area contributed by atoms with Gasteiger partial charge < -0.3 is 10.2 Å². The van der Waals surface area contributed by atoms with Crippen LogP contribution in [0.5, 0.6) is 0 Å². The lowest BCUT2D eigenvalue weighted by Crippen LogP contribution is -2.56. The summed E-state index contributed by atoms with van der Waals surface area (Å²) in [6.07, 6.45) is 2.09. The van der Waals surface area contributed by atoms with E-state index in [9.17, 15) is 14.0 Å². The number of carbonyl (C=O) groups is 2. The van der Waals surface area contributed by atoms with Crippen molar-refractivity contribution in [2.24, 2.45) is 0 Å². The molecule has 2 rings (SSSR count). The molecule has 0 unspecified atom stereocenters. The van der Waals surface area contributed by atoms with Gasteiger partial charge in [-0.3, -0.25) is 14.5 Å². The van der Waals surface area contributed by atoms with Crippen molar-refractivity contribution in [3.05, 3.63) is 35.6 Å². The van der Waals surface area contributed by atoms with E-state index >= 15 is 0 Å². The molecule has 0 aliphatic carbocycles. The Bertz CT molecular complexity index is 621. The number of unbranched alkanes of at least 4 members (excludes halogenated alkanes) is 1. The van der Waals surface area contributed by atoms with Crippen molar-refractivity contribution >= 4 is 11.8 Å². The van der Waals surface area contributed by atoms with Gasteiger partial charge >= 0.3 is 0 Å². The van der Waals surface area contributed by atoms with E-state index in [4.69, 9.17) is 0 Å². The third-order valence-corrected chi connectivity index (χ3v) is 4.84. The number of rotatable bonds is 8. The number of amides is 2. The predicted molar refractivity (Wildman–Crippen MR) is 100.0 cm³/mol. The van der Waals surface area contributed by atoms with Gasteiger partial charge in [0.2, 0.25) is 11.8 Å². The predicted octanol–water partition coefficient (Wildman–Crippen LogP) is 2.55. The lowest BCUT2D eigenvalue weighted by atomic mass is 10.0. The van der Waals surface area contributed by atoms with Gasteiger partial charge in [-0.1, -0.05) is 31.5 Å². The van der Waals surface area contributed by atoms with Crippen LogP contribution in [0.3, 0.4) is 0 Å². The number of halogens is 1. The fourth-order valence-electron chi connectivity index (χ4n) is 3.30. The first-order valence-corrected chi connectivity index (χ1v) is 9.48. The van der Waals surface area contributed by atoms with Crippen LogP contribution in [0.2, 0.25) is 0 Å². The zero-order chi connectivity index (χ0) is 19.1. The second kappa shape index (κ2) is 9.67. The summed E-state index contributed by atoms with van der Waals surface area (Å²) in [6, 6.07) is 6.12. The van der Waals surface area contributed by atoms with E-state index in [1.165, 1.54) is 6.07 Å². The molecule has 26 heavy (non-hydrogen) atoms. The number of piperazine rings is 1. The molecule has 1 heterocycles. The average molecular weight is 363 g/mol. The number of benzene rings is 1. The van der Waals surface area contributed by atoms with Gasteiger partial charge in [-0.2, -0.15) is 0 Å². The summed E-state index contributed by atoms with van der Waals surface area (Å²) in [5.41, 5.74) is 0.548. The van der Waals surface area contributed by atoms with Crippen molar-refractivity contribution in [3.8, 4) is 0 Å². The summed E-state index contributed by atoms with van der Waals surface area (Å²) < 4.78 is 14.0. The zero-order valence-corrected chi connectivity index (χ0v) is 16.0. The molecule has 5 nitrogen and oxygen atoms in total. The van der Waals surface area contributed by atoms with E-state index < -0.39 is 6.04 Å². The van der Waals surface area contributed by atoms with Gasteiger partial charge in [0.25, 0.3) is 0 Å². The summed E-state index contributed by atoms with van der Waals surface area (Å²) >= 11 is 0. The topological polar surface area (TPSA) is 52.7 Å². The highest BCUT2D eigenvalue weighted by atomic mass is 19.1. The van der Waals surface area contributed by atoms with Crippen LogP contribution < -0.4 is 5.32 Å². The van der Waals surface area contributed by atoms with E-state index in [1.54, 1.807) is 18.2 Å². The Hall–Kier alpha value is -1.95. The highest BCUT2D eigenvalue weighted by Gasteiger charge is 2.33. The largest absolute Gasteiger partial charge is 0.353 e. The van der Waals surface area contributed by atoms with Crippen molar-refractivity contribution in [1.82, 2.24) is 15.1 Å². The van der Waals surface area contributed by atoms with Crippen molar-refractivity contribution in [3.63, 3.8) is 0 Å². The van der Waals surface area contributed by atoms with Gasteiger partial charge in [0.15, 0.2) is 0 Å². The van der Waals surface area contributed by atoms with Gasteiger partial charge in [0, 0.05) is 37.8 Å². The molecule has 144 valence electrons. The summed E-state index contributed by atoms with van der Waals surface area (Å²) in [4.78, 5) is 29.0. The van der Waals surface area contributed by atoms with Gasteiger partial charge in [-0.25, -0.2) is 4.39 Å².